The van der Waals surface area contributed by atoms with Crippen LogP contribution in [0.25, 0.3) is 0 Å². The molecular weight excluding hydrogens is 262 g/mol. The first-order chi connectivity index (χ1) is 10.1. The van der Waals surface area contributed by atoms with Crippen LogP contribution in [-0.2, 0) is 13.0 Å². The van der Waals surface area contributed by atoms with Gasteiger partial charge in [-0.1, -0.05) is 20.3 Å². The van der Waals surface area contributed by atoms with Gasteiger partial charge in [0.25, 0.3) is 5.91 Å². The quantitative estimate of drug-likeness (QED) is 0.854. The van der Waals surface area contributed by atoms with Gasteiger partial charge < -0.3 is 4.90 Å². The van der Waals surface area contributed by atoms with E-state index in [1.807, 2.05) is 10.7 Å². The second kappa shape index (κ2) is 5.82. The highest BCUT2D eigenvalue weighted by Gasteiger charge is 2.38. The molecule has 0 unspecified atom stereocenters. The molecule has 1 aromatic rings. The number of rotatable bonds is 4. The lowest BCUT2D eigenvalue weighted by Gasteiger charge is -2.24. The van der Waals surface area contributed by atoms with E-state index < -0.39 is 0 Å². The molecule has 3 rings (SSSR count). The van der Waals surface area contributed by atoms with Gasteiger partial charge in [0.2, 0.25) is 0 Å². The van der Waals surface area contributed by atoms with Crippen LogP contribution in [0.15, 0.2) is 6.07 Å². The van der Waals surface area contributed by atoms with Crippen molar-refractivity contribution in [1.29, 1.82) is 0 Å². The molecule has 2 aliphatic rings. The Morgan fingerprint density at radius 2 is 2.24 bits per heavy atom. The lowest BCUT2D eigenvalue weighted by atomic mass is 9.90. The van der Waals surface area contributed by atoms with Gasteiger partial charge in [-0.25, -0.2) is 0 Å². The average Bonchev–Trinajstić information content (AvgIpc) is 2.98. The first-order valence-electron chi connectivity index (χ1n) is 8.46. The lowest BCUT2D eigenvalue weighted by molar-refractivity contribution is 0.0720. The monoisotopic (exact) mass is 289 g/mol. The fraction of sp³-hybridized carbons (Fsp3) is 0.765. The molecule has 0 spiro atoms. The number of nitrogens with zero attached hydrogens (tertiary/aromatic N) is 3. The molecule has 4 nitrogen and oxygen atoms in total. The summed E-state index contributed by atoms with van der Waals surface area (Å²) in [6.07, 6.45) is 5.92. The van der Waals surface area contributed by atoms with E-state index in [-0.39, 0.29) is 5.91 Å². The normalized spacial score (nSPS) is 24.9. The molecule has 1 aromatic heterocycles. The van der Waals surface area contributed by atoms with Gasteiger partial charge in [-0.2, -0.15) is 5.10 Å². The van der Waals surface area contributed by atoms with E-state index in [2.05, 4.69) is 30.8 Å². The summed E-state index contributed by atoms with van der Waals surface area (Å²) in [5, 5.41) is 4.62. The van der Waals surface area contributed by atoms with Crippen molar-refractivity contribution >= 4 is 5.91 Å². The number of hydrogen-bond acceptors (Lipinski definition) is 2. The van der Waals surface area contributed by atoms with Crippen molar-refractivity contribution in [3.05, 3.63) is 17.5 Å². The Balaban J connectivity index is 1.82. The van der Waals surface area contributed by atoms with Gasteiger partial charge in [0.05, 0.1) is 5.69 Å². The van der Waals surface area contributed by atoms with Gasteiger partial charge in [-0.15, -0.1) is 0 Å². The van der Waals surface area contributed by atoms with Crippen LogP contribution in [0.3, 0.4) is 0 Å². The minimum absolute atomic E-state index is 0.203. The number of amides is 1. The maximum absolute atomic E-state index is 12.9. The Hall–Kier alpha value is -1.32. The van der Waals surface area contributed by atoms with Crippen LogP contribution in [0.5, 0.6) is 0 Å². The molecule has 1 saturated heterocycles. The zero-order valence-electron chi connectivity index (χ0n) is 13.5. The molecule has 1 amide bonds. The number of likely N-dealkylation sites (tertiary alicyclic amines) is 1. The van der Waals surface area contributed by atoms with Gasteiger partial charge in [0.1, 0.15) is 5.69 Å². The van der Waals surface area contributed by atoms with E-state index in [9.17, 15) is 4.79 Å². The van der Waals surface area contributed by atoms with Crippen molar-refractivity contribution < 1.29 is 4.79 Å². The predicted molar refractivity (Wildman–Crippen MR) is 83.2 cm³/mol. The zero-order valence-corrected chi connectivity index (χ0v) is 13.5. The predicted octanol–water partition coefficient (Wildman–Crippen LogP) is 3.12. The molecule has 0 radical (unpaired) electrons. The van der Waals surface area contributed by atoms with Crippen LogP contribution >= 0.6 is 0 Å². The maximum atomic E-state index is 12.9. The molecule has 1 saturated carbocycles. The molecule has 2 fully saturated rings. The fourth-order valence-corrected chi connectivity index (χ4v) is 3.94. The molecule has 2 heterocycles. The molecule has 116 valence electrons. The summed E-state index contributed by atoms with van der Waals surface area (Å²) in [5.74, 6) is 1.51. The molecule has 1 aliphatic heterocycles. The number of fused-ring (bicyclic) bond motifs is 2. The number of carbonyl (C=O) groups excluding carboxylic acids is 1. The van der Waals surface area contributed by atoms with Crippen LogP contribution in [0.4, 0.5) is 0 Å². The highest BCUT2D eigenvalue weighted by Crippen LogP contribution is 2.36. The summed E-state index contributed by atoms with van der Waals surface area (Å²) in [5.41, 5.74) is 1.85. The summed E-state index contributed by atoms with van der Waals surface area (Å²) in [4.78, 5) is 15.1. The van der Waals surface area contributed by atoms with Crippen LogP contribution in [0.2, 0.25) is 0 Å². The largest absolute Gasteiger partial charge is 0.334 e. The Labute approximate surface area is 127 Å². The second-order valence-corrected chi connectivity index (χ2v) is 7.08. The number of carbonyl (C=O) groups is 1. The van der Waals surface area contributed by atoms with Crippen molar-refractivity contribution in [2.75, 3.05) is 6.54 Å². The molecule has 4 heteroatoms. The molecule has 0 aromatic carbocycles. The Kier molecular flexibility index (Phi) is 4.05. The highest BCUT2D eigenvalue weighted by molar-refractivity contribution is 5.93. The van der Waals surface area contributed by atoms with E-state index in [1.165, 1.54) is 25.7 Å². The van der Waals surface area contributed by atoms with E-state index >= 15 is 0 Å². The summed E-state index contributed by atoms with van der Waals surface area (Å²) in [7, 11) is 0. The van der Waals surface area contributed by atoms with Crippen molar-refractivity contribution in [3.63, 3.8) is 0 Å². The average molecular weight is 289 g/mol. The number of hydrogen-bond donors (Lipinski definition) is 0. The van der Waals surface area contributed by atoms with Crippen LogP contribution in [0.1, 0.15) is 62.6 Å². The molecule has 1 aliphatic carbocycles. The minimum Gasteiger partial charge on any atom is -0.334 e. The van der Waals surface area contributed by atoms with Gasteiger partial charge in [0, 0.05) is 19.1 Å². The molecule has 2 bridgehead atoms. The summed E-state index contributed by atoms with van der Waals surface area (Å²) in [6.45, 7) is 8.16. The van der Waals surface area contributed by atoms with Crippen molar-refractivity contribution in [3.8, 4) is 0 Å². The zero-order chi connectivity index (χ0) is 15.0. The third-order valence-electron chi connectivity index (χ3n) is 4.88. The molecular formula is C17H27N3O. The first kappa shape index (κ1) is 14.6. The third-order valence-corrected chi connectivity index (χ3v) is 4.88. The summed E-state index contributed by atoms with van der Waals surface area (Å²) in [6, 6.07) is 2.50. The Morgan fingerprint density at radius 3 is 2.90 bits per heavy atom. The fourth-order valence-electron chi connectivity index (χ4n) is 3.94. The van der Waals surface area contributed by atoms with E-state index in [1.54, 1.807) is 0 Å². The SMILES string of the molecule is CCn1nc(CC(C)C)cc1C(=O)N1C[C@H]2CCC[C@@H]1C2. The van der Waals surface area contributed by atoms with Gasteiger partial charge in [-0.3, -0.25) is 9.48 Å². The lowest BCUT2D eigenvalue weighted by Crippen LogP contribution is -2.36. The Bertz CT molecular complexity index is 520. The highest BCUT2D eigenvalue weighted by atomic mass is 16.2. The summed E-state index contributed by atoms with van der Waals surface area (Å²) < 4.78 is 1.89. The van der Waals surface area contributed by atoms with E-state index in [4.69, 9.17) is 0 Å². The first-order valence-corrected chi connectivity index (χ1v) is 8.46. The molecule has 21 heavy (non-hydrogen) atoms. The number of aromatic nitrogens is 2. The van der Waals surface area contributed by atoms with Gasteiger partial charge in [-0.05, 0) is 50.5 Å². The minimum atomic E-state index is 0.203. The van der Waals surface area contributed by atoms with Crippen molar-refractivity contribution in [2.24, 2.45) is 11.8 Å². The van der Waals surface area contributed by atoms with Crippen LogP contribution in [0, 0.1) is 11.8 Å². The van der Waals surface area contributed by atoms with Gasteiger partial charge >= 0.3 is 0 Å². The van der Waals surface area contributed by atoms with E-state index in [0.29, 0.717) is 12.0 Å². The number of aryl methyl sites for hydroxylation is 1. The maximum Gasteiger partial charge on any atom is 0.272 e. The van der Waals surface area contributed by atoms with Crippen LogP contribution in [-0.4, -0.2) is 33.2 Å². The van der Waals surface area contributed by atoms with Crippen molar-refractivity contribution in [2.45, 2.75) is 65.5 Å². The second-order valence-electron chi connectivity index (χ2n) is 7.08. The molecule has 2 atom stereocenters. The summed E-state index contributed by atoms with van der Waals surface area (Å²) >= 11 is 0. The smallest absolute Gasteiger partial charge is 0.272 e. The van der Waals surface area contributed by atoms with Gasteiger partial charge in [0.15, 0.2) is 0 Å². The third kappa shape index (κ3) is 2.85. The van der Waals surface area contributed by atoms with Crippen molar-refractivity contribution in [1.82, 2.24) is 14.7 Å². The van der Waals surface area contributed by atoms with E-state index in [0.717, 1.165) is 36.8 Å². The molecule has 0 N–H and O–H groups in total. The topological polar surface area (TPSA) is 38.1 Å². The Morgan fingerprint density at radius 1 is 1.43 bits per heavy atom. The standard InChI is InChI=1S/C17H27N3O/c1-4-20-16(10-14(18-20)8-12(2)3)17(21)19-11-13-6-5-7-15(19)9-13/h10,12-13,15H,4-9,11H2,1-3H3/t13-,15+/m0/s1. The van der Waals surface area contributed by atoms with Crippen LogP contribution < -0.4 is 0 Å².